The predicted molar refractivity (Wildman–Crippen MR) is 80.6 cm³/mol. The van der Waals surface area contributed by atoms with Gasteiger partial charge in [0.1, 0.15) is 0 Å². The van der Waals surface area contributed by atoms with Crippen LogP contribution in [0, 0.1) is 0 Å². The highest BCUT2D eigenvalue weighted by Gasteiger charge is 2.31. The van der Waals surface area contributed by atoms with Gasteiger partial charge in [-0.15, -0.1) is 0 Å². The van der Waals surface area contributed by atoms with Crippen molar-refractivity contribution in [3.63, 3.8) is 0 Å². The zero-order valence-corrected chi connectivity index (χ0v) is 13.1. The van der Waals surface area contributed by atoms with Gasteiger partial charge >= 0.3 is 0 Å². The molecule has 0 radical (unpaired) electrons. The molecule has 1 atom stereocenters. The molecule has 0 aromatic heterocycles. The molecular weight excluding hydrogens is 312 g/mol. The summed E-state index contributed by atoms with van der Waals surface area (Å²) in [6, 6.07) is 4.49. The van der Waals surface area contributed by atoms with Crippen LogP contribution in [0.25, 0.3) is 0 Å². The Hall–Kier alpha value is -1.12. The molecule has 0 spiro atoms. The number of anilines is 1. The number of hydrogen-bond acceptors (Lipinski definition) is 5. The summed E-state index contributed by atoms with van der Waals surface area (Å²) in [5.74, 6) is -0.0625. The first-order valence-electron chi connectivity index (χ1n) is 6.95. The van der Waals surface area contributed by atoms with Crippen LogP contribution in [-0.2, 0) is 26.3 Å². The standard InChI is InChI=1S/C13H18N2O4S2/c16-20(17)7-5-11(9-20)15-21(18,19)12-3-4-13-10(8-12)2-1-6-14-13/h3-4,8,11,14-15H,1-2,5-7,9H2. The van der Waals surface area contributed by atoms with E-state index in [1.54, 1.807) is 18.2 Å². The summed E-state index contributed by atoms with van der Waals surface area (Å²) in [4.78, 5) is 0.203. The van der Waals surface area contributed by atoms with Gasteiger partial charge in [0.25, 0.3) is 0 Å². The van der Waals surface area contributed by atoms with Gasteiger partial charge in [-0.25, -0.2) is 21.6 Å². The molecule has 0 saturated carbocycles. The van der Waals surface area contributed by atoms with Crippen molar-refractivity contribution >= 4 is 25.5 Å². The molecule has 0 amide bonds. The van der Waals surface area contributed by atoms with Gasteiger partial charge in [-0.1, -0.05) is 0 Å². The van der Waals surface area contributed by atoms with Crippen molar-refractivity contribution in [2.24, 2.45) is 0 Å². The van der Waals surface area contributed by atoms with Gasteiger partial charge in [-0.05, 0) is 43.0 Å². The van der Waals surface area contributed by atoms with E-state index in [-0.39, 0.29) is 16.4 Å². The van der Waals surface area contributed by atoms with Crippen molar-refractivity contribution in [2.45, 2.75) is 30.2 Å². The van der Waals surface area contributed by atoms with Crippen LogP contribution in [0.4, 0.5) is 5.69 Å². The number of aryl methyl sites for hydroxylation is 1. The summed E-state index contributed by atoms with van der Waals surface area (Å²) < 4.78 is 50.0. The molecule has 116 valence electrons. The summed E-state index contributed by atoms with van der Waals surface area (Å²) in [6.45, 7) is 0.900. The Bertz CT molecular complexity index is 756. The number of fused-ring (bicyclic) bond motifs is 1. The molecule has 2 aliphatic heterocycles. The molecule has 0 bridgehead atoms. The Labute approximate surface area is 124 Å². The molecule has 1 saturated heterocycles. The van der Waals surface area contributed by atoms with E-state index in [0.717, 1.165) is 30.6 Å². The third kappa shape index (κ3) is 3.22. The number of rotatable bonds is 3. The second kappa shape index (κ2) is 5.26. The summed E-state index contributed by atoms with van der Waals surface area (Å²) in [6.07, 6.45) is 2.17. The van der Waals surface area contributed by atoms with Crippen LogP contribution in [0.5, 0.6) is 0 Å². The van der Waals surface area contributed by atoms with Gasteiger partial charge in [0.15, 0.2) is 9.84 Å². The summed E-state index contributed by atoms with van der Waals surface area (Å²) in [7, 11) is -6.77. The fraction of sp³-hybridized carbons (Fsp3) is 0.538. The lowest BCUT2D eigenvalue weighted by Gasteiger charge is -2.19. The molecule has 8 heteroatoms. The molecule has 21 heavy (non-hydrogen) atoms. The van der Waals surface area contributed by atoms with Crippen LogP contribution in [0.3, 0.4) is 0 Å². The number of hydrogen-bond donors (Lipinski definition) is 2. The third-order valence-corrected chi connectivity index (χ3v) is 7.17. The Morgan fingerprint density at radius 1 is 1.29 bits per heavy atom. The summed E-state index contributed by atoms with van der Waals surface area (Å²) in [5, 5.41) is 3.23. The van der Waals surface area contributed by atoms with Crippen molar-refractivity contribution in [1.29, 1.82) is 0 Å². The van der Waals surface area contributed by atoms with E-state index in [9.17, 15) is 16.8 Å². The lowest BCUT2D eigenvalue weighted by Crippen LogP contribution is -2.35. The largest absolute Gasteiger partial charge is 0.385 e. The van der Waals surface area contributed by atoms with Crippen molar-refractivity contribution in [3.05, 3.63) is 23.8 Å². The van der Waals surface area contributed by atoms with E-state index in [0.29, 0.717) is 6.42 Å². The Balaban J connectivity index is 1.82. The molecule has 1 fully saturated rings. The fourth-order valence-corrected chi connectivity index (χ4v) is 5.89. The quantitative estimate of drug-likeness (QED) is 0.842. The average Bonchev–Trinajstić information content (AvgIpc) is 2.76. The molecule has 6 nitrogen and oxygen atoms in total. The summed E-state index contributed by atoms with van der Waals surface area (Å²) in [5.41, 5.74) is 1.96. The zero-order chi connectivity index (χ0) is 15.1. The topological polar surface area (TPSA) is 92.3 Å². The van der Waals surface area contributed by atoms with Gasteiger partial charge in [-0.3, -0.25) is 0 Å². The van der Waals surface area contributed by atoms with Crippen molar-refractivity contribution in [1.82, 2.24) is 4.72 Å². The molecule has 2 heterocycles. The first-order chi connectivity index (χ1) is 9.86. The molecule has 1 aromatic carbocycles. The SMILES string of the molecule is O=S1(=O)CCC(NS(=O)(=O)c2ccc3c(c2)CCCN3)C1. The summed E-state index contributed by atoms with van der Waals surface area (Å²) >= 11 is 0. The van der Waals surface area contributed by atoms with Crippen LogP contribution >= 0.6 is 0 Å². The van der Waals surface area contributed by atoms with E-state index >= 15 is 0 Å². The lowest BCUT2D eigenvalue weighted by atomic mass is 10.0. The highest BCUT2D eigenvalue weighted by molar-refractivity contribution is 7.92. The normalized spacial score (nSPS) is 24.3. The molecule has 1 aromatic rings. The van der Waals surface area contributed by atoms with Crippen LogP contribution in [0.2, 0.25) is 0 Å². The smallest absolute Gasteiger partial charge is 0.240 e. The van der Waals surface area contributed by atoms with Crippen molar-refractivity contribution in [2.75, 3.05) is 23.4 Å². The molecule has 3 rings (SSSR count). The van der Waals surface area contributed by atoms with E-state index in [1.807, 2.05) is 0 Å². The Morgan fingerprint density at radius 3 is 2.81 bits per heavy atom. The number of nitrogens with one attached hydrogen (secondary N) is 2. The predicted octanol–water partition coefficient (Wildman–Crippen LogP) is 0.510. The van der Waals surface area contributed by atoms with Crippen molar-refractivity contribution < 1.29 is 16.8 Å². The van der Waals surface area contributed by atoms with E-state index in [1.165, 1.54) is 0 Å². The van der Waals surface area contributed by atoms with Crippen LogP contribution in [0.1, 0.15) is 18.4 Å². The Kier molecular flexibility index (Phi) is 3.71. The van der Waals surface area contributed by atoms with E-state index in [2.05, 4.69) is 10.0 Å². The van der Waals surface area contributed by atoms with Crippen LogP contribution in [0.15, 0.2) is 23.1 Å². The minimum atomic E-state index is -3.67. The van der Waals surface area contributed by atoms with Crippen LogP contribution < -0.4 is 10.0 Å². The number of benzene rings is 1. The lowest BCUT2D eigenvalue weighted by molar-refractivity contribution is 0.562. The highest BCUT2D eigenvalue weighted by atomic mass is 32.2. The maximum absolute atomic E-state index is 12.4. The fourth-order valence-electron chi connectivity index (χ4n) is 2.79. The monoisotopic (exact) mass is 330 g/mol. The number of sulfonamides is 1. The second-order valence-electron chi connectivity index (χ2n) is 5.57. The van der Waals surface area contributed by atoms with Gasteiger partial charge in [0.2, 0.25) is 10.0 Å². The van der Waals surface area contributed by atoms with Gasteiger partial charge in [0.05, 0.1) is 16.4 Å². The van der Waals surface area contributed by atoms with Crippen molar-refractivity contribution in [3.8, 4) is 0 Å². The third-order valence-electron chi connectivity index (χ3n) is 3.88. The zero-order valence-electron chi connectivity index (χ0n) is 11.5. The number of sulfone groups is 1. The highest BCUT2D eigenvalue weighted by Crippen LogP contribution is 2.25. The van der Waals surface area contributed by atoms with Gasteiger partial charge in [-0.2, -0.15) is 0 Å². The molecule has 0 aliphatic carbocycles. The first-order valence-corrected chi connectivity index (χ1v) is 10.3. The maximum atomic E-state index is 12.4. The molecule has 2 N–H and O–H groups in total. The van der Waals surface area contributed by atoms with E-state index in [4.69, 9.17) is 0 Å². The van der Waals surface area contributed by atoms with E-state index < -0.39 is 25.9 Å². The maximum Gasteiger partial charge on any atom is 0.240 e. The minimum Gasteiger partial charge on any atom is -0.385 e. The average molecular weight is 330 g/mol. The Morgan fingerprint density at radius 2 is 2.10 bits per heavy atom. The first kappa shape index (κ1) is 14.8. The van der Waals surface area contributed by atoms with Gasteiger partial charge < -0.3 is 5.32 Å². The molecular formula is C13H18N2O4S2. The van der Waals surface area contributed by atoms with Crippen LogP contribution in [-0.4, -0.2) is 40.9 Å². The molecule has 2 aliphatic rings. The minimum absolute atomic E-state index is 0.0499. The molecule has 1 unspecified atom stereocenters. The van der Waals surface area contributed by atoms with Gasteiger partial charge in [0, 0.05) is 18.3 Å². The second-order valence-corrected chi connectivity index (χ2v) is 9.51.